The van der Waals surface area contributed by atoms with Crippen molar-refractivity contribution in [1.82, 2.24) is 10.9 Å². The summed E-state index contributed by atoms with van der Waals surface area (Å²) in [7, 11) is 0. The summed E-state index contributed by atoms with van der Waals surface area (Å²) < 4.78 is 25.7. The molecule has 1 rings (SSSR count). The van der Waals surface area contributed by atoms with Crippen molar-refractivity contribution in [2.75, 3.05) is 0 Å². The van der Waals surface area contributed by atoms with Gasteiger partial charge >= 0.3 is 0 Å². The third-order valence-corrected chi connectivity index (χ3v) is 1.57. The maximum Gasteiger partial charge on any atom is 0.272 e. The van der Waals surface area contributed by atoms with Crippen LogP contribution in [0.25, 0.3) is 0 Å². The number of carbonyl (C=O) groups is 1. The van der Waals surface area contributed by atoms with E-state index >= 15 is 0 Å². The molecule has 0 saturated carbocycles. The van der Waals surface area contributed by atoms with Gasteiger partial charge < -0.3 is 5.73 Å². The van der Waals surface area contributed by atoms with Gasteiger partial charge in [-0.25, -0.2) is 8.78 Å². The highest BCUT2D eigenvalue weighted by Gasteiger charge is 2.12. The van der Waals surface area contributed by atoms with Gasteiger partial charge in [-0.3, -0.25) is 15.6 Å². The first kappa shape index (κ1) is 11.3. The first-order valence-electron chi connectivity index (χ1n) is 3.81. The number of amides is 1. The zero-order chi connectivity index (χ0) is 11.4. The van der Waals surface area contributed by atoms with E-state index in [0.29, 0.717) is 0 Å². The minimum absolute atomic E-state index is 0.180. The second kappa shape index (κ2) is 4.65. The fourth-order valence-corrected chi connectivity index (χ4v) is 0.908. The standard InChI is InChI=1S/C8H7F2N3OS/c9-4-1-2-6(10)5(3-4)7(14)12-13-8(11)15/h1-3H,(H,12,14)(H3,11,13,15). The van der Waals surface area contributed by atoms with Crippen LogP contribution < -0.4 is 16.6 Å². The number of nitrogens with two attached hydrogens (primary N) is 1. The Morgan fingerprint density at radius 1 is 1.33 bits per heavy atom. The number of hydrogen-bond donors (Lipinski definition) is 3. The molecule has 0 atom stereocenters. The predicted molar refractivity (Wildman–Crippen MR) is 53.7 cm³/mol. The third-order valence-electron chi connectivity index (χ3n) is 1.47. The van der Waals surface area contributed by atoms with Gasteiger partial charge in [0, 0.05) is 0 Å². The van der Waals surface area contributed by atoms with Crippen LogP contribution in [0.3, 0.4) is 0 Å². The maximum absolute atomic E-state index is 13.0. The molecule has 4 nitrogen and oxygen atoms in total. The van der Waals surface area contributed by atoms with Crippen LogP contribution in [-0.4, -0.2) is 11.0 Å². The van der Waals surface area contributed by atoms with Crippen molar-refractivity contribution in [3.05, 3.63) is 35.4 Å². The molecule has 7 heteroatoms. The summed E-state index contributed by atoms with van der Waals surface area (Å²) in [6.45, 7) is 0. The minimum atomic E-state index is -0.861. The smallest absolute Gasteiger partial charge is 0.272 e. The van der Waals surface area contributed by atoms with Crippen molar-refractivity contribution in [2.45, 2.75) is 0 Å². The van der Waals surface area contributed by atoms with E-state index in [2.05, 4.69) is 17.6 Å². The Kier molecular flexibility index (Phi) is 3.51. The van der Waals surface area contributed by atoms with Gasteiger partial charge in [-0.2, -0.15) is 0 Å². The van der Waals surface area contributed by atoms with E-state index in [1.807, 2.05) is 5.43 Å². The second-order valence-corrected chi connectivity index (χ2v) is 3.01. The molecule has 1 amide bonds. The molecule has 15 heavy (non-hydrogen) atoms. The van der Waals surface area contributed by atoms with E-state index in [-0.39, 0.29) is 5.11 Å². The third kappa shape index (κ3) is 3.13. The fourth-order valence-electron chi connectivity index (χ4n) is 0.857. The highest BCUT2D eigenvalue weighted by Crippen LogP contribution is 2.08. The molecule has 0 aliphatic rings. The molecular formula is C8H7F2N3OS. The predicted octanol–water partition coefficient (Wildman–Crippen LogP) is 0.443. The number of carbonyl (C=O) groups excluding carboxylic acids is 1. The summed E-state index contributed by atoms with van der Waals surface area (Å²) in [5.41, 5.74) is 8.71. The molecule has 0 bridgehead atoms. The second-order valence-electron chi connectivity index (χ2n) is 2.57. The van der Waals surface area contributed by atoms with Crippen molar-refractivity contribution in [1.29, 1.82) is 0 Å². The van der Waals surface area contributed by atoms with Crippen LogP contribution >= 0.6 is 12.2 Å². The van der Waals surface area contributed by atoms with E-state index in [4.69, 9.17) is 5.73 Å². The van der Waals surface area contributed by atoms with Crippen molar-refractivity contribution in [3.63, 3.8) is 0 Å². The lowest BCUT2D eigenvalue weighted by atomic mass is 10.2. The number of hydrazine groups is 1. The molecule has 80 valence electrons. The fraction of sp³-hybridized carbons (Fsp3) is 0. The van der Waals surface area contributed by atoms with E-state index in [9.17, 15) is 13.6 Å². The van der Waals surface area contributed by atoms with Crippen molar-refractivity contribution >= 4 is 23.2 Å². The number of thiocarbonyl (C=S) groups is 1. The Bertz CT molecular complexity index is 411. The Hall–Kier alpha value is -1.76. The highest BCUT2D eigenvalue weighted by molar-refractivity contribution is 7.80. The van der Waals surface area contributed by atoms with Gasteiger partial charge in [0.2, 0.25) is 0 Å². The van der Waals surface area contributed by atoms with Crippen molar-refractivity contribution < 1.29 is 13.6 Å². The minimum Gasteiger partial charge on any atom is -0.375 e. The Labute approximate surface area is 89.4 Å². The molecule has 0 aliphatic carbocycles. The van der Waals surface area contributed by atoms with Gasteiger partial charge in [-0.15, -0.1) is 0 Å². The quantitative estimate of drug-likeness (QED) is 0.484. The lowest BCUT2D eigenvalue weighted by Crippen LogP contribution is -2.44. The Balaban J connectivity index is 2.81. The molecule has 0 fully saturated rings. The monoisotopic (exact) mass is 231 g/mol. The molecule has 0 aliphatic heterocycles. The average molecular weight is 231 g/mol. The zero-order valence-electron chi connectivity index (χ0n) is 7.38. The van der Waals surface area contributed by atoms with Gasteiger partial charge in [0.05, 0.1) is 5.56 Å². The summed E-state index contributed by atoms with van der Waals surface area (Å²) in [5, 5.41) is -0.180. The van der Waals surface area contributed by atoms with Crippen LogP contribution in [0.2, 0.25) is 0 Å². The van der Waals surface area contributed by atoms with Crippen LogP contribution in [-0.2, 0) is 0 Å². The summed E-state index contributed by atoms with van der Waals surface area (Å²) in [4.78, 5) is 11.2. The van der Waals surface area contributed by atoms with Crippen LogP contribution in [0.4, 0.5) is 8.78 Å². The average Bonchev–Trinajstić information content (AvgIpc) is 2.18. The molecule has 0 spiro atoms. The van der Waals surface area contributed by atoms with Gasteiger partial charge in [-0.05, 0) is 30.4 Å². The molecule has 1 aromatic carbocycles. The topological polar surface area (TPSA) is 67.2 Å². The van der Waals surface area contributed by atoms with Gasteiger partial charge in [0.15, 0.2) is 5.11 Å². The lowest BCUT2D eigenvalue weighted by Gasteiger charge is -2.06. The maximum atomic E-state index is 13.0. The first-order valence-corrected chi connectivity index (χ1v) is 4.22. The van der Waals surface area contributed by atoms with Crippen LogP contribution in [0.15, 0.2) is 18.2 Å². The van der Waals surface area contributed by atoms with Gasteiger partial charge in [0.1, 0.15) is 11.6 Å². The van der Waals surface area contributed by atoms with Crippen LogP contribution in [0.5, 0.6) is 0 Å². The highest BCUT2D eigenvalue weighted by atomic mass is 32.1. The van der Waals surface area contributed by atoms with E-state index < -0.39 is 23.1 Å². The summed E-state index contributed by atoms with van der Waals surface area (Å²) in [5.74, 6) is -2.41. The number of nitrogens with one attached hydrogen (secondary N) is 2. The SMILES string of the molecule is NC(=S)NNC(=O)c1cc(F)ccc1F. The van der Waals surface area contributed by atoms with Crippen molar-refractivity contribution in [3.8, 4) is 0 Å². The number of hydrogen-bond acceptors (Lipinski definition) is 2. The molecule has 4 N–H and O–H groups in total. The Morgan fingerprint density at radius 3 is 2.60 bits per heavy atom. The largest absolute Gasteiger partial charge is 0.375 e. The lowest BCUT2D eigenvalue weighted by molar-refractivity contribution is 0.0939. The molecule has 0 unspecified atom stereocenters. The summed E-state index contributed by atoms with van der Waals surface area (Å²) in [6.07, 6.45) is 0. The molecule has 0 saturated heterocycles. The molecule has 0 heterocycles. The summed E-state index contributed by atoms with van der Waals surface area (Å²) in [6, 6.07) is 2.53. The Morgan fingerprint density at radius 2 is 2.00 bits per heavy atom. The number of halogens is 2. The van der Waals surface area contributed by atoms with E-state index in [1.165, 1.54) is 0 Å². The zero-order valence-corrected chi connectivity index (χ0v) is 8.20. The number of benzene rings is 1. The molecule has 1 aromatic rings. The molecular weight excluding hydrogens is 224 g/mol. The van der Waals surface area contributed by atoms with Crippen LogP contribution in [0, 0.1) is 11.6 Å². The normalized spacial score (nSPS) is 9.47. The number of rotatable bonds is 1. The first-order chi connectivity index (χ1) is 7.00. The van der Waals surface area contributed by atoms with Crippen LogP contribution in [0.1, 0.15) is 10.4 Å². The molecule has 0 radical (unpaired) electrons. The van der Waals surface area contributed by atoms with E-state index in [1.54, 1.807) is 0 Å². The van der Waals surface area contributed by atoms with Gasteiger partial charge in [-0.1, -0.05) is 0 Å². The van der Waals surface area contributed by atoms with Crippen molar-refractivity contribution in [2.24, 2.45) is 5.73 Å². The summed E-state index contributed by atoms with van der Waals surface area (Å²) >= 11 is 4.41. The van der Waals surface area contributed by atoms with Gasteiger partial charge in [0.25, 0.3) is 5.91 Å². The molecule has 0 aromatic heterocycles. The van der Waals surface area contributed by atoms with E-state index in [0.717, 1.165) is 18.2 Å².